The van der Waals surface area contributed by atoms with Gasteiger partial charge >= 0.3 is 5.69 Å². The maximum atomic E-state index is 11.9. The van der Waals surface area contributed by atoms with Gasteiger partial charge in [-0.3, -0.25) is 14.3 Å². The van der Waals surface area contributed by atoms with Crippen molar-refractivity contribution < 1.29 is 14.9 Å². The van der Waals surface area contributed by atoms with Gasteiger partial charge in [0.25, 0.3) is 5.56 Å². The topological polar surface area (TPSA) is 105 Å². The predicted molar refractivity (Wildman–Crippen MR) is 87.9 cm³/mol. The van der Waals surface area contributed by atoms with Gasteiger partial charge in [0.15, 0.2) is 0 Å². The maximum Gasteiger partial charge on any atom is 0.330 e. The van der Waals surface area contributed by atoms with Crippen molar-refractivity contribution in [2.75, 3.05) is 6.61 Å². The maximum absolute atomic E-state index is 11.9. The monoisotopic (exact) mass is 436 g/mol. The van der Waals surface area contributed by atoms with Crippen molar-refractivity contribution in [2.45, 2.75) is 24.9 Å². The zero-order valence-electron chi connectivity index (χ0n) is 11.3. The minimum Gasteiger partial charge on any atom is -0.394 e. The van der Waals surface area contributed by atoms with E-state index in [0.29, 0.717) is 3.39 Å². The van der Waals surface area contributed by atoms with Crippen LogP contribution in [0.2, 0.25) is 0 Å². The molecule has 1 aromatic heterocycles. The lowest BCUT2D eigenvalue weighted by atomic mass is 10.2. The van der Waals surface area contributed by atoms with E-state index in [1.807, 2.05) is 0 Å². The standard InChI is InChI=1S/C13H14Br2N2O5/c14-10(15)3-1-2-7-5-17(13(21)16-12(7)20)11-4-8(19)9(6-18)22-11/h1-3,5,8-9,11,18-19H,4,6H2,(H,16,20,21)/t8-,9+,11+/m0/s1. The second kappa shape index (κ2) is 7.51. The number of nitrogens with one attached hydrogen (secondary N) is 1. The molecule has 1 saturated heterocycles. The minimum absolute atomic E-state index is 0.160. The number of rotatable bonds is 4. The number of aliphatic hydroxyl groups excluding tert-OH is 2. The molecule has 0 aliphatic carbocycles. The van der Waals surface area contributed by atoms with E-state index in [1.54, 1.807) is 12.2 Å². The molecule has 0 bridgehead atoms. The molecule has 0 spiro atoms. The molecular weight excluding hydrogens is 424 g/mol. The quantitative estimate of drug-likeness (QED) is 0.605. The molecule has 0 unspecified atom stereocenters. The Morgan fingerprint density at radius 3 is 2.82 bits per heavy atom. The zero-order valence-corrected chi connectivity index (χ0v) is 14.4. The van der Waals surface area contributed by atoms with Crippen molar-refractivity contribution in [3.05, 3.63) is 48.1 Å². The van der Waals surface area contributed by atoms with Crippen molar-refractivity contribution >= 4 is 37.9 Å². The molecule has 120 valence electrons. The number of allylic oxidation sites excluding steroid dienone is 2. The lowest BCUT2D eigenvalue weighted by Crippen LogP contribution is -2.33. The van der Waals surface area contributed by atoms with Gasteiger partial charge < -0.3 is 14.9 Å². The summed E-state index contributed by atoms with van der Waals surface area (Å²) in [6.45, 7) is -0.341. The third kappa shape index (κ3) is 4.05. The van der Waals surface area contributed by atoms with Crippen LogP contribution >= 0.6 is 31.9 Å². The van der Waals surface area contributed by atoms with Gasteiger partial charge in [0.2, 0.25) is 0 Å². The summed E-state index contributed by atoms with van der Waals surface area (Å²) in [5.41, 5.74) is -0.883. The average molecular weight is 438 g/mol. The number of halogens is 2. The molecule has 2 heterocycles. The summed E-state index contributed by atoms with van der Waals surface area (Å²) in [4.78, 5) is 25.9. The van der Waals surface area contributed by atoms with Crippen LogP contribution in [0.4, 0.5) is 0 Å². The van der Waals surface area contributed by atoms with E-state index in [9.17, 15) is 14.7 Å². The number of aromatic nitrogens is 2. The molecule has 3 N–H and O–H groups in total. The number of hydrogen-bond acceptors (Lipinski definition) is 5. The van der Waals surface area contributed by atoms with Crippen molar-refractivity contribution in [1.29, 1.82) is 0 Å². The first-order chi connectivity index (χ1) is 10.4. The zero-order chi connectivity index (χ0) is 16.3. The van der Waals surface area contributed by atoms with Crippen LogP contribution in [0.25, 0.3) is 6.08 Å². The summed E-state index contributed by atoms with van der Waals surface area (Å²) in [7, 11) is 0. The second-order valence-corrected chi connectivity index (χ2v) is 7.45. The molecule has 22 heavy (non-hydrogen) atoms. The van der Waals surface area contributed by atoms with Crippen LogP contribution in [0, 0.1) is 0 Å². The van der Waals surface area contributed by atoms with Crippen molar-refractivity contribution in [3.63, 3.8) is 0 Å². The summed E-state index contributed by atoms with van der Waals surface area (Å²) in [6.07, 6.45) is 4.02. The fourth-order valence-corrected chi connectivity index (χ4v) is 2.41. The number of ether oxygens (including phenoxy) is 1. The van der Waals surface area contributed by atoms with Gasteiger partial charge in [0.1, 0.15) is 12.3 Å². The number of aromatic amines is 1. The highest BCUT2D eigenvalue weighted by molar-refractivity contribution is 9.28. The van der Waals surface area contributed by atoms with Crippen molar-refractivity contribution in [3.8, 4) is 0 Å². The molecule has 0 saturated carbocycles. The summed E-state index contributed by atoms with van der Waals surface area (Å²) in [5.74, 6) is 0. The first-order valence-corrected chi connectivity index (χ1v) is 8.00. The Kier molecular flexibility index (Phi) is 5.93. The van der Waals surface area contributed by atoms with E-state index in [1.165, 1.54) is 16.8 Å². The van der Waals surface area contributed by atoms with Gasteiger partial charge in [-0.05, 0) is 44.0 Å². The van der Waals surface area contributed by atoms with Gasteiger partial charge in [-0.25, -0.2) is 4.79 Å². The average Bonchev–Trinajstić information content (AvgIpc) is 2.81. The summed E-state index contributed by atoms with van der Waals surface area (Å²) in [5, 5.41) is 18.8. The molecule has 2 rings (SSSR count). The van der Waals surface area contributed by atoms with Gasteiger partial charge in [0.05, 0.1) is 21.7 Å². The molecule has 1 aromatic rings. The molecule has 1 aliphatic rings. The van der Waals surface area contributed by atoms with E-state index in [0.717, 1.165) is 0 Å². The molecular formula is C13H14Br2N2O5. The summed E-state index contributed by atoms with van der Waals surface area (Å²) < 4.78 is 7.32. The highest BCUT2D eigenvalue weighted by Crippen LogP contribution is 2.27. The fourth-order valence-electron chi connectivity index (χ4n) is 2.11. The Morgan fingerprint density at radius 1 is 1.50 bits per heavy atom. The van der Waals surface area contributed by atoms with E-state index in [-0.39, 0.29) is 18.6 Å². The fraction of sp³-hybridized carbons (Fsp3) is 0.385. The Morgan fingerprint density at radius 2 is 2.23 bits per heavy atom. The molecule has 3 atom stereocenters. The highest BCUT2D eigenvalue weighted by atomic mass is 79.9. The van der Waals surface area contributed by atoms with Crippen LogP contribution in [0.3, 0.4) is 0 Å². The van der Waals surface area contributed by atoms with Crippen molar-refractivity contribution in [2.24, 2.45) is 0 Å². The van der Waals surface area contributed by atoms with Crippen LogP contribution < -0.4 is 11.2 Å². The largest absolute Gasteiger partial charge is 0.394 e. The number of nitrogens with zero attached hydrogens (tertiary/aromatic N) is 1. The number of hydrogen-bond donors (Lipinski definition) is 3. The SMILES string of the molecule is O=c1[nH]c(=O)n([C@H]2C[C@H](O)[C@@H](CO)O2)cc1C=CC=C(Br)Br. The molecule has 9 heteroatoms. The molecule has 7 nitrogen and oxygen atoms in total. The molecule has 1 fully saturated rings. The first-order valence-electron chi connectivity index (χ1n) is 6.41. The van der Waals surface area contributed by atoms with Crippen LogP contribution in [-0.4, -0.2) is 38.6 Å². The highest BCUT2D eigenvalue weighted by Gasteiger charge is 2.35. The van der Waals surface area contributed by atoms with Crippen LogP contribution in [0.5, 0.6) is 0 Å². The van der Waals surface area contributed by atoms with Gasteiger partial charge in [-0.1, -0.05) is 6.08 Å². The van der Waals surface area contributed by atoms with Crippen LogP contribution in [0.15, 0.2) is 31.3 Å². The predicted octanol–water partition coefficient (Wildman–Crippen LogP) is 0.822. The number of aliphatic hydroxyl groups is 2. The van der Waals surface area contributed by atoms with Crippen LogP contribution in [-0.2, 0) is 4.74 Å². The molecule has 1 aliphatic heterocycles. The molecule has 0 aromatic carbocycles. The van der Waals surface area contributed by atoms with E-state index < -0.39 is 29.7 Å². The lowest BCUT2D eigenvalue weighted by molar-refractivity contribution is -0.0459. The van der Waals surface area contributed by atoms with E-state index in [4.69, 9.17) is 9.84 Å². The van der Waals surface area contributed by atoms with E-state index >= 15 is 0 Å². The smallest absolute Gasteiger partial charge is 0.330 e. The lowest BCUT2D eigenvalue weighted by Gasteiger charge is -2.14. The van der Waals surface area contributed by atoms with Crippen LogP contribution in [0.1, 0.15) is 18.2 Å². The third-order valence-electron chi connectivity index (χ3n) is 3.19. The first kappa shape index (κ1) is 17.4. The Balaban J connectivity index is 2.33. The van der Waals surface area contributed by atoms with Crippen molar-refractivity contribution in [1.82, 2.24) is 9.55 Å². The normalized spacial score (nSPS) is 24.8. The summed E-state index contributed by atoms with van der Waals surface area (Å²) in [6, 6.07) is 0. The van der Waals surface area contributed by atoms with E-state index in [2.05, 4.69) is 36.8 Å². The third-order valence-corrected chi connectivity index (χ3v) is 3.72. The van der Waals surface area contributed by atoms with Gasteiger partial charge in [-0.2, -0.15) is 0 Å². The molecule has 0 amide bonds. The molecule has 0 radical (unpaired) electrons. The number of H-pyrrole nitrogens is 1. The Labute approximate surface area is 142 Å². The summed E-state index contributed by atoms with van der Waals surface area (Å²) >= 11 is 6.36. The second-order valence-electron chi connectivity index (χ2n) is 4.68. The minimum atomic E-state index is -0.861. The Bertz CT molecular complexity index is 705. The Hall–Kier alpha value is -1.000. The van der Waals surface area contributed by atoms with Gasteiger partial charge in [0, 0.05) is 12.6 Å². The van der Waals surface area contributed by atoms with Gasteiger partial charge in [-0.15, -0.1) is 0 Å².